The average Bonchev–Trinajstić information content (AvgIpc) is 3.02. The second kappa shape index (κ2) is 4.52. The first kappa shape index (κ1) is 12.2. The Morgan fingerprint density at radius 2 is 2.25 bits per heavy atom. The van der Waals surface area contributed by atoms with Crippen LogP contribution in [0, 0.1) is 3.57 Å². The fourth-order valence-electron chi connectivity index (χ4n) is 1.44. The lowest BCUT2D eigenvalue weighted by molar-refractivity contribution is 0.0934. The molecule has 0 unspecified atom stereocenters. The van der Waals surface area contributed by atoms with E-state index >= 15 is 0 Å². The molecule has 86 valence electrons. The Balaban J connectivity index is 2.17. The number of carbonyl (C=O) groups excluding carboxylic acids is 1. The average molecular weight is 396 g/mol. The number of carbonyl (C=O) groups is 1. The number of amides is 1. The molecule has 0 aliphatic heterocycles. The molecule has 2 N–H and O–H groups in total. The molecular formula is C11H11BrINO2. The molecule has 0 spiro atoms. The maximum atomic E-state index is 11.9. The molecule has 0 saturated heterocycles. The first-order valence-corrected chi connectivity index (χ1v) is 7.13. The maximum absolute atomic E-state index is 11.9. The third-order valence-electron chi connectivity index (χ3n) is 2.69. The van der Waals surface area contributed by atoms with Gasteiger partial charge in [-0.2, -0.15) is 0 Å². The molecule has 0 atom stereocenters. The topological polar surface area (TPSA) is 49.3 Å². The summed E-state index contributed by atoms with van der Waals surface area (Å²) in [7, 11) is 0. The van der Waals surface area contributed by atoms with E-state index in [0.717, 1.165) is 21.7 Å². The van der Waals surface area contributed by atoms with E-state index in [9.17, 15) is 9.90 Å². The van der Waals surface area contributed by atoms with E-state index in [1.54, 1.807) is 18.2 Å². The zero-order valence-corrected chi connectivity index (χ0v) is 12.2. The van der Waals surface area contributed by atoms with Crippen LogP contribution in [0.25, 0.3) is 0 Å². The number of rotatable bonds is 3. The van der Waals surface area contributed by atoms with E-state index in [4.69, 9.17) is 0 Å². The minimum Gasteiger partial charge on any atom is -0.507 e. The maximum Gasteiger partial charge on any atom is 0.255 e. The number of alkyl halides is 1. The summed E-state index contributed by atoms with van der Waals surface area (Å²) in [5.74, 6) is -0.170. The number of phenols is 1. The third kappa shape index (κ3) is 2.51. The zero-order valence-electron chi connectivity index (χ0n) is 8.46. The molecule has 5 heteroatoms. The summed E-state index contributed by atoms with van der Waals surface area (Å²) in [6.45, 7) is 0. The van der Waals surface area contributed by atoms with Gasteiger partial charge in [-0.3, -0.25) is 4.79 Å². The third-order valence-corrected chi connectivity index (χ3v) is 4.44. The van der Waals surface area contributed by atoms with Gasteiger partial charge < -0.3 is 10.4 Å². The molecule has 0 heterocycles. The van der Waals surface area contributed by atoms with Crippen molar-refractivity contribution in [3.63, 3.8) is 0 Å². The van der Waals surface area contributed by atoms with Crippen molar-refractivity contribution in [3.05, 3.63) is 27.3 Å². The highest BCUT2D eigenvalue weighted by Crippen LogP contribution is 2.37. The number of hydrogen-bond acceptors (Lipinski definition) is 2. The van der Waals surface area contributed by atoms with Crippen LogP contribution in [0.1, 0.15) is 23.2 Å². The monoisotopic (exact) mass is 395 g/mol. The largest absolute Gasteiger partial charge is 0.507 e. The van der Waals surface area contributed by atoms with Crippen molar-refractivity contribution >= 4 is 44.4 Å². The predicted molar refractivity (Wildman–Crippen MR) is 74.0 cm³/mol. The number of aromatic hydroxyl groups is 1. The standard InChI is InChI=1S/C11H11BrINO2/c12-6-11(3-4-11)14-10(16)8-5-7(13)1-2-9(8)15/h1-2,5,15H,3-4,6H2,(H,14,16). The van der Waals surface area contributed by atoms with Crippen molar-refractivity contribution in [1.82, 2.24) is 5.32 Å². The van der Waals surface area contributed by atoms with Gasteiger partial charge in [0.2, 0.25) is 0 Å². The normalized spacial score (nSPS) is 16.9. The van der Waals surface area contributed by atoms with Gasteiger partial charge in [0.25, 0.3) is 5.91 Å². The van der Waals surface area contributed by atoms with E-state index < -0.39 is 0 Å². The summed E-state index contributed by atoms with van der Waals surface area (Å²) in [5.41, 5.74) is 0.254. The molecule has 1 aliphatic rings. The molecule has 1 aliphatic carbocycles. The van der Waals surface area contributed by atoms with Gasteiger partial charge in [0, 0.05) is 8.90 Å². The molecule has 1 aromatic carbocycles. The molecule has 16 heavy (non-hydrogen) atoms. The van der Waals surface area contributed by atoms with Gasteiger partial charge in [0.1, 0.15) is 5.75 Å². The minimum atomic E-state index is -0.201. The van der Waals surface area contributed by atoms with Crippen LogP contribution in [0.4, 0.5) is 0 Å². The summed E-state index contributed by atoms with van der Waals surface area (Å²) in [6.07, 6.45) is 1.99. The van der Waals surface area contributed by atoms with Gasteiger partial charge in [0.05, 0.1) is 11.1 Å². The van der Waals surface area contributed by atoms with Gasteiger partial charge in [-0.25, -0.2) is 0 Å². The summed E-state index contributed by atoms with van der Waals surface area (Å²) in [6, 6.07) is 5.00. The van der Waals surface area contributed by atoms with Gasteiger partial charge in [-0.15, -0.1) is 0 Å². The summed E-state index contributed by atoms with van der Waals surface area (Å²) >= 11 is 5.51. The summed E-state index contributed by atoms with van der Waals surface area (Å²) in [5, 5.41) is 13.3. The zero-order chi connectivity index (χ0) is 11.8. The minimum absolute atomic E-state index is 0.0308. The number of benzene rings is 1. The molecule has 0 aromatic heterocycles. The number of halogens is 2. The van der Waals surface area contributed by atoms with Crippen molar-refractivity contribution < 1.29 is 9.90 Å². The first-order valence-electron chi connectivity index (χ1n) is 4.93. The Morgan fingerprint density at radius 3 is 2.81 bits per heavy atom. The Bertz CT molecular complexity index is 432. The highest BCUT2D eigenvalue weighted by molar-refractivity contribution is 14.1. The van der Waals surface area contributed by atoms with Crippen LogP contribution in [0.2, 0.25) is 0 Å². The smallest absolute Gasteiger partial charge is 0.255 e. The molecule has 0 bridgehead atoms. The number of hydrogen-bond donors (Lipinski definition) is 2. The first-order chi connectivity index (χ1) is 7.56. The van der Waals surface area contributed by atoms with Crippen LogP contribution in [0.15, 0.2) is 18.2 Å². The Hall–Kier alpha value is -0.300. The Kier molecular flexibility index (Phi) is 3.44. The predicted octanol–water partition coefficient (Wildman–Crippen LogP) is 2.65. The molecule has 1 amide bonds. The molecule has 2 rings (SSSR count). The van der Waals surface area contributed by atoms with Crippen LogP contribution in [-0.4, -0.2) is 21.9 Å². The van der Waals surface area contributed by atoms with Crippen molar-refractivity contribution in [2.24, 2.45) is 0 Å². The number of phenolic OH excluding ortho intramolecular Hbond substituents is 1. The van der Waals surface area contributed by atoms with E-state index in [1.165, 1.54) is 0 Å². The van der Waals surface area contributed by atoms with E-state index in [-0.39, 0.29) is 17.2 Å². The number of nitrogens with one attached hydrogen (secondary N) is 1. The highest BCUT2D eigenvalue weighted by Gasteiger charge is 2.43. The van der Waals surface area contributed by atoms with Crippen molar-refractivity contribution in [2.45, 2.75) is 18.4 Å². The van der Waals surface area contributed by atoms with Crippen LogP contribution >= 0.6 is 38.5 Å². The summed E-state index contributed by atoms with van der Waals surface area (Å²) in [4.78, 5) is 11.9. The SMILES string of the molecule is O=C(NC1(CBr)CC1)c1cc(I)ccc1O. The van der Waals surface area contributed by atoms with Crippen LogP contribution in [-0.2, 0) is 0 Å². The molecule has 1 aromatic rings. The molecule has 0 radical (unpaired) electrons. The van der Waals surface area contributed by atoms with E-state index in [0.29, 0.717) is 5.56 Å². The molecular weight excluding hydrogens is 385 g/mol. The second-order valence-corrected chi connectivity index (χ2v) is 5.84. The van der Waals surface area contributed by atoms with Gasteiger partial charge in [0.15, 0.2) is 0 Å². The van der Waals surface area contributed by atoms with Crippen LogP contribution < -0.4 is 5.32 Å². The fraction of sp³-hybridized carbons (Fsp3) is 0.364. The van der Waals surface area contributed by atoms with Crippen molar-refractivity contribution in [1.29, 1.82) is 0 Å². The summed E-state index contributed by atoms with van der Waals surface area (Å²) < 4.78 is 0.934. The van der Waals surface area contributed by atoms with Crippen molar-refractivity contribution in [3.8, 4) is 5.75 Å². The van der Waals surface area contributed by atoms with Crippen molar-refractivity contribution in [2.75, 3.05) is 5.33 Å². The lowest BCUT2D eigenvalue weighted by Crippen LogP contribution is -2.38. The van der Waals surface area contributed by atoms with E-state index in [2.05, 4.69) is 43.8 Å². The fourth-order valence-corrected chi connectivity index (χ4v) is 2.63. The van der Waals surface area contributed by atoms with Gasteiger partial charge in [-0.1, -0.05) is 15.9 Å². The second-order valence-electron chi connectivity index (χ2n) is 4.03. The quantitative estimate of drug-likeness (QED) is 0.610. The van der Waals surface area contributed by atoms with Crippen LogP contribution in [0.5, 0.6) is 5.75 Å². The van der Waals surface area contributed by atoms with Crippen LogP contribution in [0.3, 0.4) is 0 Å². The molecule has 3 nitrogen and oxygen atoms in total. The highest BCUT2D eigenvalue weighted by atomic mass is 127. The van der Waals surface area contributed by atoms with E-state index in [1.807, 2.05) is 0 Å². The Morgan fingerprint density at radius 1 is 1.56 bits per heavy atom. The Labute approximate surface area is 116 Å². The lowest BCUT2D eigenvalue weighted by atomic mass is 10.1. The molecule has 1 saturated carbocycles. The molecule has 1 fully saturated rings. The van der Waals surface area contributed by atoms with Gasteiger partial charge in [-0.05, 0) is 53.6 Å². The van der Waals surface area contributed by atoms with Gasteiger partial charge >= 0.3 is 0 Å². The lowest BCUT2D eigenvalue weighted by Gasteiger charge is -2.14.